The molecule has 124 valence electrons. The van der Waals surface area contributed by atoms with Crippen molar-refractivity contribution in [2.75, 3.05) is 0 Å². The molecule has 0 saturated heterocycles. The fraction of sp³-hybridized carbons (Fsp3) is 0.0435. The Morgan fingerprint density at radius 2 is 1.50 bits per heavy atom. The monoisotopic (exact) mass is 354 g/mol. The topological polar surface area (TPSA) is 18.5 Å². The zero-order chi connectivity index (χ0) is 17.3. The Morgan fingerprint density at radius 3 is 2.46 bits per heavy atom. The lowest BCUT2D eigenvalue weighted by Gasteiger charge is -2.35. The molecule has 1 atom stereocenters. The number of benzene rings is 4. The van der Waals surface area contributed by atoms with Crippen LogP contribution in [0.25, 0.3) is 10.8 Å². The predicted octanol–water partition coefficient (Wildman–Crippen LogP) is 5.12. The number of para-hydroxylation sites is 1. The third kappa shape index (κ3) is 1.80. The first-order chi connectivity index (χ1) is 12.8. The van der Waals surface area contributed by atoms with E-state index >= 15 is 0 Å². The minimum Gasteiger partial charge on any atom is -0.456 e. The summed E-state index contributed by atoms with van der Waals surface area (Å²) in [4.78, 5) is 0. The second-order valence-electron chi connectivity index (χ2n) is 6.70. The summed E-state index contributed by atoms with van der Waals surface area (Å²) >= 11 is 0. The van der Waals surface area contributed by atoms with Crippen LogP contribution in [0.3, 0.4) is 0 Å². The molecule has 0 bridgehead atoms. The van der Waals surface area contributed by atoms with Gasteiger partial charge in [-0.25, -0.2) is 0 Å². The van der Waals surface area contributed by atoms with Crippen molar-refractivity contribution in [2.45, 2.75) is 6.92 Å². The molecule has 2 heterocycles. The van der Waals surface area contributed by atoms with Crippen molar-refractivity contribution in [2.24, 2.45) is 0 Å². The first-order valence-corrected chi connectivity index (χ1v) is 10.1. The number of hydrogen-bond acceptors (Lipinski definition) is 2. The Morgan fingerprint density at radius 1 is 0.654 bits per heavy atom. The van der Waals surface area contributed by atoms with Crippen LogP contribution in [0.2, 0.25) is 0 Å². The Balaban J connectivity index is 1.75. The Kier molecular flexibility index (Phi) is 2.81. The Labute approximate surface area is 152 Å². The molecule has 26 heavy (non-hydrogen) atoms. The van der Waals surface area contributed by atoms with Gasteiger partial charge in [0.1, 0.15) is 23.0 Å². The predicted molar refractivity (Wildman–Crippen MR) is 108 cm³/mol. The van der Waals surface area contributed by atoms with Crippen molar-refractivity contribution in [3.05, 3.63) is 78.4 Å². The first-order valence-electron chi connectivity index (χ1n) is 8.71. The van der Waals surface area contributed by atoms with E-state index in [0.717, 1.165) is 28.6 Å². The van der Waals surface area contributed by atoms with Gasteiger partial charge in [0.25, 0.3) is 0 Å². The highest BCUT2D eigenvalue weighted by Gasteiger charge is 2.37. The van der Waals surface area contributed by atoms with Crippen LogP contribution in [0.15, 0.2) is 72.8 Å². The average molecular weight is 354 g/mol. The van der Waals surface area contributed by atoms with E-state index < -0.39 is 7.92 Å². The highest BCUT2D eigenvalue weighted by Crippen LogP contribution is 2.54. The van der Waals surface area contributed by atoms with Crippen molar-refractivity contribution >= 4 is 34.6 Å². The van der Waals surface area contributed by atoms with Crippen LogP contribution in [-0.2, 0) is 0 Å². The number of aryl methyl sites for hydroxylation is 1. The summed E-state index contributed by atoms with van der Waals surface area (Å²) in [5.41, 5.74) is 1.15. The lowest BCUT2D eigenvalue weighted by atomic mass is 10.1. The van der Waals surface area contributed by atoms with E-state index in [1.165, 1.54) is 26.7 Å². The van der Waals surface area contributed by atoms with Gasteiger partial charge in [-0.05, 0) is 36.1 Å². The Bertz CT molecular complexity index is 1210. The molecule has 0 aromatic heterocycles. The molecule has 3 heteroatoms. The number of rotatable bonds is 0. The van der Waals surface area contributed by atoms with E-state index in [2.05, 4.69) is 73.7 Å². The van der Waals surface area contributed by atoms with Crippen molar-refractivity contribution in [1.82, 2.24) is 0 Å². The van der Waals surface area contributed by atoms with Crippen LogP contribution < -0.4 is 25.4 Å². The van der Waals surface area contributed by atoms with E-state index in [1.54, 1.807) is 0 Å². The van der Waals surface area contributed by atoms with E-state index in [-0.39, 0.29) is 0 Å². The fourth-order valence-corrected chi connectivity index (χ4v) is 6.59. The highest BCUT2D eigenvalue weighted by atomic mass is 31.1. The molecule has 1 unspecified atom stereocenters. The lowest BCUT2D eigenvalue weighted by molar-refractivity contribution is 0.467. The number of fused-ring (bicyclic) bond motifs is 6. The SMILES string of the molecule is Cc1ccc2c3c1Oc1c(ccc4ccccc14)P3c1ccccc1O2. The molecule has 4 aromatic rings. The van der Waals surface area contributed by atoms with Crippen LogP contribution in [-0.4, -0.2) is 0 Å². The minimum absolute atomic E-state index is 0.690. The minimum atomic E-state index is -0.690. The van der Waals surface area contributed by atoms with Gasteiger partial charge in [0.15, 0.2) is 0 Å². The highest BCUT2D eigenvalue weighted by molar-refractivity contribution is 7.80. The lowest BCUT2D eigenvalue weighted by Crippen LogP contribution is -2.32. The van der Waals surface area contributed by atoms with Gasteiger partial charge in [0.2, 0.25) is 0 Å². The molecule has 0 amide bonds. The molecule has 0 spiro atoms. The fourth-order valence-electron chi connectivity index (χ4n) is 3.91. The molecule has 0 saturated carbocycles. The molecule has 0 aliphatic carbocycles. The van der Waals surface area contributed by atoms with Crippen molar-refractivity contribution in [1.29, 1.82) is 0 Å². The van der Waals surface area contributed by atoms with Gasteiger partial charge in [0.05, 0.1) is 5.30 Å². The van der Waals surface area contributed by atoms with Crippen LogP contribution in [0.5, 0.6) is 23.0 Å². The van der Waals surface area contributed by atoms with E-state index in [4.69, 9.17) is 9.47 Å². The first kappa shape index (κ1) is 14.4. The van der Waals surface area contributed by atoms with Crippen LogP contribution in [0, 0.1) is 6.92 Å². The summed E-state index contributed by atoms with van der Waals surface area (Å²) in [6.45, 7) is 2.11. The summed E-state index contributed by atoms with van der Waals surface area (Å²) in [5, 5.41) is 6.13. The van der Waals surface area contributed by atoms with E-state index in [9.17, 15) is 0 Å². The molecule has 4 aromatic carbocycles. The smallest absolute Gasteiger partial charge is 0.143 e. The van der Waals surface area contributed by atoms with Crippen molar-refractivity contribution < 1.29 is 9.47 Å². The standard InChI is InChI=1S/C23H15O2P/c1-14-10-12-18-23-21(14)25-22-16-7-3-2-6-15(16)11-13-20(22)26(23)19-9-5-4-8-17(19)24-18/h2-13H,1H3. The van der Waals surface area contributed by atoms with Crippen LogP contribution >= 0.6 is 7.92 Å². The van der Waals surface area contributed by atoms with Gasteiger partial charge < -0.3 is 9.47 Å². The van der Waals surface area contributed by atoms with Gasteiger partial charge in [-0.15, -0.1) is 0 Å². The zero-order valence-electron chi connectivity index (χ0n) is 14.2. The average Bonchev–Trinajstić information content (AvgIpc) is 2.70. The van der Waals surface area contributed by atoms with Crippen molar-refractivity contribution in [3.63, 3.8) is 0 Å². The molecule has 0 N–H and O–H groups in total. The van der Waals surface area contributed by atoms with E-state index in [1.807, 2.05) is 6.07 Å². The summed E-state index contributed by atoms with van der Waals surface area (Å²) in [6, 6.07) is 25.5. The number of ether oxygens (including phenoxy) is 2. The number of hydrogen-bond donors (Lipinski definition) is 0. The van der Waals surface area contributed by atoms with Gasteiger partial charge >= 0.3 is 0 Å². The Hall–Kier alpha value is -2.83. The molecule has 6 rings (SSSR count). The van der Waals surface area contributed by atoms with Crippen LogP contribution in [0.4, 0.5) is 0 Å². The summed E-state index contributed by atoms with van der Waals surface area (Å²) < 4.78 is 12.7. The van der Waals surface area contributed by atoms with Gasteiger partial charge in [-0.1, -0.05) is 54.6 Å². The molecular weight excluding hydrogens is 339 g/mol. The maximum atomic E-state index is 6.52. The van der Waals surface area contributed by atoms with Crippen LogP contribution in [0.1, 0.15) is 5.56 Å². The third-order valence-corrected chi connectivity index (χ3v) is 7.70. The quantitative estimate of drug-likeness (QED) is 0.353. The summed E-state index contributed by atoms with van der Waals surface area (Å²) in [6.07, 6.45) is 0. The van der Waals surface area contributed by atoms with Gasteiger partial charge in [-0.2, -0.15) is 0 Å². The molecule has 0 fully saturated rings. The molecular formula is C23H15O2P. The normalized spacial score (nSPS) is 16.1. The van der Waals surface area contributed by atoms with Gasteiger partial charge in [-0.3, -0.25) is 0 Å². The summed E-state index contributed by atoms with van der Waals surface area (Å²) in [5.74, 6) is 3.85. The van der Waals surface area contributed by atoms with E-state index in [0.29, 0.717) is 0 Å². The third-order valence-electron chi connectivity index (χ3n) is 5.14. The zero-order valence-corrected chi connectivity index (χ0v) is 15.1. The molecule has 2 nitrogen and oxygen atoms in total. The maximum Gasteiger partial charge on any atom is 0.143 e. The molecule has 2 aliphatic rings. The second kappa shape index (κ2) is 5.09. The summed E-state index contributed by atoms with van der Waals surface area (Å²) in [7, 11) is -0.690. The van der Waals surface area contributed by atoms with Crippen molar-refractivity contribution in [3.8, 4) is 23.0 Å². The van der Waals surface area contributed by atoms with Gasteiger partial charge in [0, 0.05) is 23.9 Å². The molecule has 2 aliphatic heterocycles. The second-order valence-corrected chi connectivity index (χ2v) is 8.78. The maximum absolute atomic E-state index is 6.52. The molecule has 0 radical (unpaired) electrons. The largest absolute Gasteiger partial charge is 0.456 e.